The molecule has 1 saturated heterocycles. The second-order valence-electron chi connectivity index (χ2n) is 8.52. The normalized spacial score (nSPS) is 24.6. The third kappa shape index (κ3) is 4.42. The second-order valence-corrected chi connectivity index (χ2v) is 10.7. The van der Waals surface area contributed by atoms with E-state index in [1.165, 1.54) is 50.5 Å². The number of amides is 1. The number of anilines is 1. The summed E-state index contributed by atoms with van der Waals surface area (Å²) in [6, 6.07) is 4.65. The summed E-state index contributed by atoms with van der Waals surface area (Å²) in [6.45, 7) is 5.78. The first-order chi connectivity index (χ1) is 13.2. The predicted molar refractivity (Wildman–Crippen MR) is 112 cm³/mol. The van der Waals surface area contributed by atoms with Crippen LogP contribution < -0.4 is 5.32 Å². The van der Waals surface area contributed by atoms with Crippen LogP contribution in [0.5, 0.6) is 0 Å². The van der Waals surface area contributed by atoms with Crippen molar-refractivity contribution in [2.75, 3.05) is 32.5 Å². The van der Waals surface area contributed by atoms with Crippen LogP contribution in [0.15, 0.2) is 23.1 Å². The first-order valence-corrected chi connectivity index (χ1v) is 11.7. The van der Waals surface area contributed by atoms with Crippen LogP contribution in [-0.2, 0) is 14.8 Å². The lowest BCUT2D eigenvalue weighted by Gasteiger charge is -2.43. The Morgan fingerprint density at radius 1 is 1.18 bits per heavy atom. The Labute approximate surface area is 169 Å². The number of hydrogen-bond donors (Lipinski definition) is 1. The third-order valence-corrected chi connectivity index (χ3v) is 8.31. The molecule has 3 rings (SSSR count). The van der Waals surface area contributed by atoms with Gasteiger partial charge in [-0.3, -0.25) is 9.69 Å². The highest BCUT2D eigenvalue weighted by Gasteiger charge is 2.34. The van der Waals surface area contributed by atoms with E-state index >= 15 is 0 Å². The minimum Gasteiger partial charge on any atom is -0.324 e. The van der Waals surface area contributed by atoms with Crippen molar-refractivity contribution < 1.29 is 13.2 Å². The number of fused-ring (bicyclic) bond motifs is 1. The Kier molecular flexibility index (Phi) is 6.47. The largest absolute Gasteiger partial charge is 0.324 e. The van der Waals surface area contributed by atoms with Gasteiger partial charge in [-0.05, 0) is 62.8 Å². The van der Waals surface area contributed by atoms with E-state index in [4.69, 9.17) is 0 Å². The van der Waals surface area contributed by atoms with Crippen LogP contribution in [0.4, 0.5) is 5.69 Å². The van der Waals surface area contributed by atoms with E-state index in [2.05, 4.69) is 10.2 Å². The highest BCUT2D eigenvalue weighted by atomic mass is 32.2. The molecule has 3 atom stereocenters. The molecule has 2 aliphatic rings. The zero-order valence-corrected chi connectivity index (χ0v) is 18.3. The Bertz CT molecular complexity index is 822. The molecule has 0 aromatic heterocycles. The maximum absolute atomic E-state index is 12.9. The average molecular weight is 408 g/mol. The third-order valence-electron chi connectivity index (χ3n) is 6.50. The Balaban J connectivity index is 1.70. The van der Waals surface area contributed by atoms with Crippen LogP contribution in [0.1, 0.15) is 44.6 Å². The van der Waals surface area contributed by atoms with Crippen LogP contribution in [0, 0.1) is 18.8 Å². The van der Waals surface area contributed by atoms with Crippen molar-refractivity contribution in [3.63, 3.8) is 0 Å². The lowest BCUT2D eigenvalue weighted by molar-refractivity contribution is -0.122. The van der Waals surface area contributed by atoms with E-state index in [1.54, 1.807) is 18.2 Å². The molecular formula is C21H33N3O3S. The number of hydrogen-bond acceptors (Lipinski definition) is 4. The first kappa shape index (κ1) is 21.3. The number of sulfonamides is 1. The van der Waals surface area contributed by atoms with Gasteiger partial charge in [-0.2, -0.15) is 0 Å². The van der Waals surface area contributed by atoms with Crippen molar-refractivity contribution in [1.82, 2.24) is 9.21 Å². The smallest absolute Gasteiger partial charge is 0.242 e. The molecule has 1 aromatic rings. The zero-order chi connectivity index (χ0) is 20.5. The summed E-state index contributed by atoms with van der Waals surface area (Å²) < 4.78 is 26.0. The number of benzene rings is 1. The molecule has 7 heteroatoms. The van der Waals surface area contributed by atoms with Gasteiger partial charge >= 0.3 is 0 Å². The van der Waals surface area contributed by atoms with Gasteiger partial charge in [0.25, 0.3) is 0 Å². The van der Waals surface area contributed by atoms with E-state index < -0.39 is 10.0 Å². The number of rotatable bonds is 5. The number of nitrogens with zero attached hydrogens (tertiary/aromatic N) is 2. The summed E-state index contributed by atoms with van der Waals surface area (Å²) in [5.74, 6) is 1.47. The van der Waals surface area contributed by atoms with Gasteiger partial charge in [0.05, 0.1) is 10.9 Å². The van der Waals surface area contributed by atoms with Crippen molar-refractivity contribution in [3.05, 3.63) is 23.8 Å². The average Bonchev–Trinajstić information content (AvgIpc) is 2.68. The molecule has 156 valence electrons. The van der Waals surface area contributed by atoms with Crippen molar-refractivity contribution in [2.45, 2.75) is 56.9 Å². The number of carbonyl (C=O) groups excluding carboxylic acids is 1. The highest BCUT2D eigenvalue weighted by molar-refractivity contribution is 7.89. The molecule has 1 heterocycles. The quantitative estimate of drug-likeness (QED) is 0.814. The van der Waals surface area contributed by atoms with Crippen molar-refractivity contribution in [1.29, 1.82) is 0 Å². The number of likely N-dealkylation sites (tertiary alicyclic amines) is 1. The first-order valence-electron chi connectivity index (χ1n) is 10.3. The Morgan fingerprint density at radius 2 is 1.86 bits per heavy atom. The summed E-state index contributed by atoms with van der Waals surface area (Å²) in [6.07, 6.45) is 6.45. The predicted octanol–water partition coefficient (Wildman–Crippen LogP) is 3.08. The van der Waals surface area contributed by atoms with E-state index in [1.807, 2.05) is 13.8 Å². The molecule has 1 aromatic carbocycles. The summed E-state index contributed by atoms with van der Waals surface area (Å²) in [7, 11) is -0.526. The fraction of sp³-hybridized carbons (Fsp3) is 0.667. The van der Waals surface area contributed by atoms with Gasteiger partial charge in [0.1, 0.15) is 0 Å². The van der Waals surface area contributed by atoms with Crippen LogP contribution in [0.3, 0.4) is 0 Å². The van der Waals surface area contributed by atoms with Crippen LogP contribution in [0.25, 0.3) is 0 Å². The molecule has 1 saturated carbocycles. The summed E-state index contributed by atoms with van der Waals surface area (Å²) in [5.41, 5.74) is 1.41. The molecule has 0 unspecified atom stereocenters. The fourth-order valence-electron chi connectivity index (χ4n) is 4.49. The maximum Gasteiger partial charge on any atom is 0.242 e. The summed E-state index contributed by atoms with van der Waals surface area (Å²) >= 11 is 0. The molecule has 1 aliphatic heterocycles. The molecule has 1 N–H and O–H groups in total. The number of aryl methyl sites for hydroxylation is 1. The van der Waals surface area contributed by atoms with Gasteiger partial charge in [-0.1, -0.05) is 25.3 Å². The van der Waals surface area contributed by atoms with Crippen LogP contribution in [0.2, 0.25) is 0 Å². The topological polar surface area (TPSA) is 69.7 Å². The molecule has 1 aliphatic carbocycles. The number of nitrogens with one attached hydrogen (secondary N) is 1. The van der Waals surface area contributed by atoms with E-state index in [9.17, 15) is 13.2 Å². The van der Waals surface area contributed by atoms with Gasteiger partial charge in [-0.25, -0.2) is 12.7 Å². The zero-order valence-electron chi connectivity index (χ0n) is 17.4. The minimum atomic E-state index is -3.53. The summed E-state index contributed by atoms with van der Waals surface area (Å²) in [5, 5.41) is 2.97. The van der Waals surface area contributed by atoms with E-state index in [0.717, 1.165) is 24.6 Å². The SMILES string of the molecule is Cc1ccc(S(=O)(=O)N(C)C)cc1NC(=O)[C@H](C)N1CC[C@@H]2CCCC[C@H]2C1. The molecule has 0 spiro atoms. The van der Waals surface area contributed by atoms with Crippen LogP contribution in [-0.4, -0.2) is 56.8 Å². The number of piperidine rings is 1. The van der Waals surface area contributed by atoms with Crippen molar-refractivity contribution in [2.24, 2.45) is 11.8 Å². The van der Waals surface area contributed by atoms with E-state index in [0.29, 0.717) is 11.6 Å². The molecule has 1 amide bonds. The molecule has 0 radical (unpaired) electrons. The monoisotopic (exact) mass is 407 g/mol. The molecule has 6 nitrogen and oxygen atoms in total. The Hall–Kier alpha value is -1.44. The van der Waals surface area contributed by atoms with Gasteiger partial charge in [0.2, 0.25) is 15.9 Å². The molecular weight excluding hydrogens is 374 g/mol. The standard InChI is InChI=1S/C21H33N3O3S/c1-15-9-10-19(28(26,27)23(3)4)13-20(15)22-21(25)16(2)24-12-11-17-7-5-6-8-18(17)14-24/h9-10,13,16-18H,5-8,11-12,14H2,1-4H3,(H,22,25)/t16-,17-,18-/m0/s1. The Morgan fingerprint density at radius 3 is 2.54 bits per heavy atom. The fourth-order valence-corrected chi connectivity index (χ4v) is 5.42. The van der Waals surface area contributed by atoms with E-state index in [-0.39, 0.29) is 16.8 Å². The number of carbonyl (C=O) groups is 1. The molecule has 2 fully saturated rings. The second kappa shape index (κ2) is 8.51. The van der Waals surface area contributed by atoms with Crippen LogP contribution >= 0.6 is 0 Å². The lowest BCUT2D eigenvalue weighted by Crippen LogP contribution is -2.50. The minimum absolute atomic E-state index is 0.0724. The van der Waals surface area contributed by atoms with Crippen molar-refractivity contribution >= 4 is 21.6 Å². The molecule has 28 heavy (non-hydrogen) atoms. The van der Waals surface area contributed by atoms with Gasteiger partial charge < -0.3 is 5.32 Å². The lowest BCUT2D eigenvalue weighted by atomic mass is 9.75. The van der Waals surface area contributed by atoms with Gasteiger partial charge in [0.15, 0.2) is 0 Å². The molecule has 0 bridgehead atoms. The van der Waals surface area contributed by atoms with Crippen molar-refractivity contribution in [3.8, 4) is 0 Å². The maximum atomic E-state index is 12.9. The summed E-state index contributed by atoms with van der Waals surface area (Å²) in [4.78, 5) is 15.4. The van der Waals surface area contributed by atoms with Gasteiger partial charge in [0, 0.05) is 26.3 Å². The van der Waals surface area contributed by atoms with Gasteiger partial charge in [-0.15, -0.1) is 0 Å². The highest BCUT2D eigenvalue weighted by Crippen LogP contribution is 2.36.